The van der Waals surface area contributed by atoms with Gasteiger partial charge in [0.25, 0.3) is 0 Å². The van der Waals surface area contributed by atoms with Crippen molar-refractivity contribution in [2.45, 2.75) is 20.0 Å². The highest BCUT2D eigenvalue weighted by atomic mass is 127. The van der Waals surface area contributed by atoms with Crippen LogP contribution in [0.3, 0.4) is 0 Å². The molecule has 0 saturated heterocycles. The topological polar surface area (TPSA) is 52.6 Å². The SMILES string of the molecule is CCNC(=NCc1csc(N(C)C)n1)NCc1cccs1.I. The molecule has 5 nitrogen and oxygen atoms in total. The lowest BCUT2D eigenvalue weighted by Gasteiger charge is -2.10. The zero-order chi connectivity index (χ0) is 15.1. The number of aromatic nitrogens is 1. The summed E-state index contributed by atoms with van der Waals surface area (Å²) >= 11 is 3.38. The third kappa shape index (κ3) is 6.09. The van der Waals surface area contributed by atoms with E-state index in [1.165, 1.54) is 4.88 Å². The van der Waals surface area contributed by atoms with Gasteiger partial charge >= 0.3 is 0 Å². The number of halogens is 1. The van der Waals surface area contributed by atoms with Crippen molar-refractivity contribution in [1.29, 1.82) is 0 Å². The van der Waals surface area contributed by atoms with Crippen LogP contribution in [0.5, 0.6) is 0 Å². The minimum atomic E-state index is 0. The number of thiophene rings is 1. The second-order valence-electron chi connectivity index (χ2n) is 4.64. The molecule has 0 aliphatic heterocycles. The molecule has 2 heterocycles. The molecule has 122 valence electrons. The molecular weight excluding hydrogens is 429 g/mol. The Balaban J connectivity index is 0.00000242. The molecule has 0 bridgehead atoms. The molecule has 0 unspecified atom stereocenters. The fraction of sp³-hybridized carbons (Fsp3) is 0.429. The first-order chi connectivity index (χ1) is 10.2. The van der Waals surface area contributed by atoms with E-state index in [9.17, 15) is 0 Å². The van der Waals surface area contributed by atoms with Crippen molar-refractivity contribution < 1.29 is 0 Å². The normalized spacial score (nSPS) is 11.0. The number of guanidine groups is 1. The second kappa shape index (κ2) is 10.0. The van der Waals surface area contributed by atoms with Gasteiger partial charge in [0.15, 0.2) is 11.1 Å². The van der Waals surface area contributed by atoms with Gasteiger partial charge in [-0.3, -0.25) is 0 Å². The summed E-state index contributed by atoms with van der Waals surface area (Å²) < 4.78 is 0. The van der Waals surface area contributed by atoms with Gasteiger partial charge < -0.3 is 15.5 Å². The van der Waals surface area contributed by atoms with Gasteiger partial charge in [0.05, 0.1) is 18.8 Å². The number of nitrogens with zero attached hydrogens (tertiary/aromatic N) is 3. The first-order valence-electron chi connectivity index (χ1n) is 6.85. The quantitative estimate of drug-likeness (QED) is 0.403. The molecule has 0 spiro atoms. The molecule has 0 aliphatic rings. The van der Waals surface area contributed by atoms with Crippen molar-refractivity contribution in [1.82, 2.24) is 15.6 Å². The fourth-order valence-corrected chi connectivity index (χ4v) is 3.05. The van der Waals surface area contributed by atoms with E-state index in [0.29, 0.717) is 6.54 Å². The third-order valence-corrected chi connectivity index (χ3v) is 4.61. The minimum Gasteiger partial charge on any atom is -0.357 e. The first kappa shape index (κ1) is 19.2. The lowest BCUT2D eigenvalue weighted by atomic mass is 10.4. The van der Waals surface area contributed by atoms with Gasteiger partial charge in [-0.05, 0) is 18.4 Å². The zero-order valence-electron chi connectivity index (χ0n) is 13.0. The monoisotopic (exact) mass is 451 g/mol. The molecule has 0 atom stereocenters. The van der Waals surface area contributed by atoms with Crippen LogP contribution >= 0.6 is 46.7 Å². The number of thiazole rings is 1. The van der Waals surface area contributed by atoms with Crippen molar-refractivity contribution in [2.24, 2.45) is 4.99 Å². The van der Waals surface area contributed by atoms with Gasteiger partial charge in [-0.1, -0.05) is 6.07 Å². The van der Waals surface area contributed by atoms with E-state index in [-0.39, 0.29) is 24.0 Å². The van der Waals surface area contributed by atoms with Crippen LogP contribution in [-0.4, -0.2) is 31.6 Å². The number of aliphatic imine (C=N–C) groups is 1. The molecule has 0 fully saturated rings. The van der Waals surface area contributed by atoms with E-state index in [1.807, 2.05) is 19.0 Å². The summed E-state index contributed by atoms with van der Waals surface area (Å²) in [4.78, 5) is 12.4. The van der Waals surface area contributed by atoms with Crippen LogP contribution in [0.15, 0.2) is 27.9 Å². The standard InChI is InChI=1S/C14H21N5S2.HI/c1-4-15-13(17-9-12-6-5-7-20-12)16-8-11-10-21-14(18-11)19(2)3;/h5-7,10H,4,8-9H2,1-3H3,(H2,15,16,17);1H. The second-order valence-corrected chi connectivity index (χ2v) is 6.51. The Bertz CT molecular complexity index is 566. The molecular formula is C14H22IN5S2. The maximum Gasteiger partial charge on any atom is 0.191 e. The number of hydrogen-bond acceptors (Lipinski definition) is 5. The van der Waals surface area contributed by atoms with Crippen LogP contribution in [0.1, 0.15) is 17.5 Å². The average molecular weight is 451 g/mol. The molecule has 2 rings (SSSR count). The van der Waals surface area contributed by atoms with Gasteiger partial charge in [-0.15, -0.1) is 46.7 Å². The van der Waals surface area contributed by atoms with Crippen molar-refractivity contribution >= 4 is 57.7 Å². The Hall–Kier alpha value is -0.870. The van der Waals surface area contributed by atoms with Crippen molar-refractivity contribution in [3.05, 3.63) is 33.5 Å². The highest BCUT2D eigenvalue weighted by Gasteiger charge is 2.04. The predicted octanol–water partition coefficient (Wildman–Crippen LogP) is 3.14. The summed E-state index contributed by atoms with van der Waals surface area (Å²) in [5.41, 5.74) is 0.997. The highest BCUT2D eigenvalue weighted by Crippen LogP contribution is 2.18. The molecule has 0 saturated carbocycles. The van der Waals surface area contributed by atoms with E-state index in [1.54, 1.807) is 22.7 Å². The number of nitrogens with one attached hydrogen (secondary N) is 2. The van der Waals surface area contributed by atoms with Gasteiger partial charge in [-0.2, -0.15) is 0 Å². The summed E-state index contributed by atoms with van der Waals surface area (Å²) in [6, 6.07) is 4.18. The largest absolute Gasteiger partial charge is 0.357 e. The maximum absolute atomic E-state index is 4.58. The first-order valence-corrected chi connectivity index (χ1v) is 8.61. The van der Waals surface area contributed by atoms with Crippen molar-refractivity contribution in [3.8, 4) is 0 Å². The Morgan fingerprint density at radius 1 is 1.32 bits per heavy atom. The summed E-state index contributed by atoms with van der Waals surface area (Å²) in [6.45, 7) is 4.29. The van der Waals surface area contributed by atoms with Crippen LogP contribution in [0, 0.1) is 0 Å². The Kier molecular flexibility index (Phi) is 8.72. The Labute approximate surface area is 156 Å². The molecule has 0 aliphatic carbocycles. The van der Waals surface area contributed by atoms with E-state index in [2.05, 4.69) is 50.4 Å². The van der Waals surface area contributed by atoms with E-state index in [4.69, 9.17) is 0 Å². The van der Waals surface area contributed by atoms with Gasteiger partial charge in [0.2, 0.25) is 0 Å². The van der Waals surface area contributed by atoms with E-state index >= 15 is 0 Å². The molecule has 0 amide bonds. The Morgan fingerprint density at radius 3 is 2.73 bits per heavy atom. The average Bonchev–Trinajstić information content (AvgIpc) is 3.13. The molecule has 0 aromatic carbocycles. The van der Waals surface area contributed by atoms with Gasteiger partial charge in [0.1, 0.15) is 0 Å². The number of anilines is 1. The van der Waals surface area contributed by atoms with Crippen molar-refractivity contribution in [2.75, 3.05) is 25.5 Å². The molecule has 2 aromatic heterocycles. The Morgan fingerprint density at radius 2 is 2.14 bits per heavy atom. The molecule has 8 heteroatoms. The van der Waals surface area contributed by atoms with Crippen LogP contribution in [0.2, 0.25) is 0 Å². The summed E-state index contributed by atoms with van der Waals surface area (Å²) in [5, 5.41) is 11.7. The van der Waals surface area contributed by atoms with E-state index < -0.39 is 0 Å². The third-order valence-electron chi connectivity index (χ3n) is 2.68. The van der Waals surface area contributed by atoms with E-state index in [0.717, 1.165) is 29.9 Å². The van der Waals surface area contributed by atoms with Crippen LogP contribution in [-0.2, 0) is 13.1 Å². The molecule has 0 radical (unpaired) electrons. The number of hydrogen-bond donors (Lipinski definition) is 2. The molecule has 22 heavy (non-hydrogen) atoms. The highest BCUT2D eigenvalue weighted by molar-refractivity contribution is 14.0. The lowest BCUT2D eigenvalue weighted by molar-refractivity contribution is 0.820. The lowest BCUT2D eigenvalue weighted by Crippen LogP contribution is -2.36. The van der Waals surface area contributed by atoms with Gasteiger partial charge in [-0.25, -0.2) is 9.98 Å². The minimum absolute atomic E-state index is 0. The van der Waals surface area contributed by atoms with Crippen LogP contribution in [0.25, 0.3) is 0 Å². The smallest absolute Gasteiger partial charge is 0.191 e. The van der Waals surface area contributed by atoms with Gasteiger partial charge in [0, 0.05) is 30.9 Å². The summed E-state index contributed by atoms with van der Waals surface area (Å²) in [7, 11) is 4.00. The van der Waals surface area contributed by atoms with Crippen molar-refractivity contribution in [3.63, 3.8) is 0 Å². The fourth-order valence-electron chi connectivity index (χ4n) is 1.66. The maximum atomic E-state index is 4.58. The molecule has 2 aromatic rings. The number of rotatable bonds is 6. The predicted molar refractivity (Wildman–Crippen MR) is 108 cm³/mol. The summed E-state index contributed by atoms with van der Waals surface area (Å²) in [6.07, 6.45) is 0. The molecule has 2 N–H and O–H groups in total. The zero-order valence-corrected chi connectivity index (χ0v) is 17.0. The van der Waals surface area contributed by atoms with Crippen LogP contribution in [0.4, 0.5) is 5.13 Å². The summed E-state index contributed by atoms with van der Waals surface area (Å²) in [5.74, 6) is 0.824. The van der Waals surface area contributed by atoms with Crippen LogP contribution < -0.4 is 15.5 Å².